The van der Waals surface area contributed by atoms with E-state index in [1.54, 1.807) is 19.2 Å². The van der Waals surface area contributed by atoms with Crippen molar-refractivity contribution in [2.75, 3.05) is 12.4 Å². The highest BCUT2D eigenvalue weighted by Gasteiger charge is 2.13. The molecule has 2 rings (SSSR count). The van der Waals surface area contributed by atoms with Crippen LogP contribution in [-0.2, 0) is 16.1 Å². The molecular weight excluding hydrogens is 280 g/mol. The van der Waals surface area contributed by atoms with Crippen molar-refractivity contribution in [2.45, 2.75) is 19.5 Å². The molecule has 0 unspecified atom stereocenters. The molecule has 1 atom stereocenters. The number of hydrogen-bond acceptors (Lipinski definition) is 4. The molecule has 0 fully saturated rings. The number of nitrogens with one attached hydrogen (secondary N) is 1. The lowest BCUT2D eigenvalue weighted by Gasteiger charge is -2.14. The normalized spacial score (nSPS) is 12.0. The number of anilines is 1. The van der Waals surface area contributed by atoms with Crippen LogP contribution < -0.4 is 5.32 Å². The largest absolute Gasteiger partial charge is 0.468 e. The van der Waals surface area contributed by atoms with E-state index in [9.17, 15) is 13.6 Å². The number of rotatable bonds is 5. The molecule has 0 saturated heterocycles. The molecular formula is C14H15F2N3O2. The van der Waals surface area contributed by atoms with Crippen LogP contribution in [0, 0.1) is 11.6 Å². The zero-order valence-corrected chi connectivity index (χ0v) is 11.6. The van der Waals surface area contributed by atoms with E-state index in [-0.39, 0.29) is 12.1 Å². The summed E-state index contributed by atoms with van der Waals surface area (Å²) in [6.07, 6.45) is 1.59. The van der Waals surface area contributed by atoms with Crippen molar-refractivity contribution < 1.29 is 18.3 Å². The van der Waals surface area contributed by atoms with Crippen LogP contribution in [0.5, 0.6) is 0 Å². The second-order valence-electron chi connectivity index (χ2n) is 4.51. The lowest BCUT2D eigenvalue weighted by atomic mass is 10.1. The molecule has 1 N–H and O–H groups in total. The smallest absolute Gasteiger partial charge is 0.327 e. The summed E-state index contributed by atoms with van der Waals surface area (Å²) < 4.78 is 32.7. The van der Waals surface area contributed by atoms with Gasteiger partial charge in [0.05, 0.1) is 13.2 Å². The molecule has 1 aromatic heterocycles. The highest BCUT2D eigenvalue weighted by Crippen LogP contribution is 2.21. The maximum Gasteiger partial charge on any atom is 0.327 e. The van der Waals surface area contributed by atoms with Crippen molar-refractivity contribution in [3.8, 4) is 0 Å². The molecule has 7 heteroatoms. The van der Waals surface area contributed by atoms with Gasteiger partial charge in [-0.3, -0.25) is 9.48 Å². The van der Waals surface area contributed by atoms with Crippen molar-refractivity contribution in [2.24, 2.45) is 0 Å². The quantitative estimate of drug-likeness (QED) is 0.861. The van der Waals surface area contributed by atoms with E-state index in [0.717, 1.165) is 18.2 Å². The Kier molecular flexibility index (Phi) is 4.52. The molecule has 5 nitrogen and oxygen atoms in total. The van der Waals surface area contributed by atoms with E-state index >= 15 is 0 Å². The Balaban J connectivity index is 2.07. The molecule has 0 radical (unpaired) electrons. The van der Waals surface area contributed by atoms with Gasteiger partial charge in [0.15, 0.2) is 0 Å². The van der Waals surface area contributed by atoms with Crippen molar-refractivity contribution in [3.05, 3.63) is 47.7 Å². The third-order valence-electron chi connectivity index (χ3n) is 2.95. The molecule has 1 heterocycles. The Bertz CT molecular complexity index is 643. The number of nitrogens with zero attached hydrogens (tertiary/aromatic N) is 2. The Morgan fingerprint density at radius 2 is 2.19 bits per heavy atom. The van der Waals surface area contributed by atoms with Crippen molar-refractivity contribution in [1.82, 2.24) is 9.78 Å². The van der Waals surface area contributed by atoms with E-state index in [1.807, 2.05) is 0 Å². The summed E-state index contributed by atoms with van der Waals surface area (Å²) in [4.78, 5) is 11.1. The van der Waals surface area contributed by atoms with Crippen LogP contribution in [0.15, 0.2) is 30.5 Å². The van der Waals surface area contributed by atoms with Gasteiger partial charge in [-0.2, -0.15) is 5.10 Å². The number of esters is 1. The number of benzene rings is 1. The molecule has 0 aliphatic heterocycles. The lowest BCUT2D eigenvalue weighted by Crippen LogP contribution is -2.13. The third kappa shape index (κ3) is 3.77. The second kappa shape index (κ2) is 6.34. The van der Waals surface area contributed by atoms with Crippen LogP contribution in [0.2, 0.25) is 0 Å². The van der Waals surface area contributed by atoms with Gasteiger partial charge in [0.1, 0.15) is 24.0 Å². The van der Waals surface area contributed by atoms with Gasteiger partial charge in [0, 0.05) is 17.8 Å². The second-order valence-corrected chi connectivity index (χ2v) is 4.51. The average Bonchev–Trinajstić information content (AvgIpc) is 2.88. The minimum absolute atomic E-state index is 0.0130. The summed E-state index contributed by atoms with van der Waals surface area (Å²) in [5, 5.41) is 7.05. The predicted octanol–water partition coefficient (Wildman–Crippen LogP) is 2.51. The minimum Gasteiger partial charge on any atom is -0.468 e. The monoisotopic (exact) mass is 295 g/mol. The zero-order chi connectivity index (χ0) is 15.4. The summed E-state index contributed by atoms with van der Waals surface area (Å²) in [5.74, 6) is -0.967. The molecule has 2 aromatic rings. The molecule has 0 saturated carbocycles. The average molecular weight is 295 g/mol. The maximum atomic E-state index is 13.7. The molecule has 112 valence electrons. The van der Waals surface area contributed by atoms with Gasteiger partial charge in [-0.25, -0.2) is 8.78 Å². The highest BCUT2D eigenvalue weighted by molar-refractivity contribution is 5.68. The van der Waals surface area contributed by atoms with Gasteiger partial charge < -0.3 is 10.1 Å². The van der Waals surface area contributed by atoms with Crippen molar-refractivity contribution in [3.63, 3.8) is 0 Å². The first kappa shape index (κ1) is 15.0. The van der Waals surface area contributed by atoms with E-state index in [4.69, 9.17) is 0 Å². The minimum atomic E-state index is -0.503. The Morgan fingerprint density at radius 1 is 1.43 bits per heavy atom. The predicted molar refractivity (Wildman–Crippen MR) is 72.6 cm³/mol. The Morgan fingerprint density at radius 3 is 2.90 bits per heavy atom. The molecule has 1 aromatic carbocycles. The highest BCUT2D eigenvalue weighted by atomic mass is 19.1. The third-order valence-corrected chi connectivity index (χ3v) is 2.95. The van der Waals surface area contributed by atoms with E-state index in [0.29, 0.717) is 5.82 Å². The topological polar surface area (TPSA) is 56.1 Å². The van der Waals surface area contributed by atoms with Crippen molar-refractivity contribution in [1.29, 1.82) is 0 Å². The molecule has 0 aliphatic rings. The molecule has 0 spiro atoms. The van der Waals surface area contributed by atoms with E-state index in [2.05, 4.69) is 15.2 Å². The van der Waals surface area contributed by atoms with Gasteiger partial charge in [-0.15, -0.1) is 0 Å². The number of halogens is 2. The van der Waals surface area contributed by atoms with Gasteiger partial charge in [0.25, 0.3) is 0 Å². The van der Waals surface area contributed by atoms with Crippen LogP contribution in [0.25, 0.3) is 0 Å². The van der Waals surface area contributed by atoms with Gasteiger partial charge >= 0.3 is 5.97 Å². The van der Waals surface area contributed by atoms with Crippen LogP contribution >= 0.6 is 0 Å². The summed E-state index contributed by atoms with van der Waals surface area (Å²) >= 11 is 0. The van der Waals surface area contributed by atoms with Gasteiger partial charge in [-0.05, 0) is 25.1 Å². The fourth-order valence-electron chi connectivity index (χ4n) is 1.87. The maximum absolute atomic E-state index is 13.7. The first-order valence-corrected chi connectivity index (χ1v) is 6.31. The fourth-order valence-corrected chi connectivity index (χ4v) is 1.87. The van der Waals surface area contributed by atoms with Gasteiger partial charge in [0.2, 0.25) is 0 Å². The van der Waals surface area contributed by atoms with Crippen LogP contribution in [0.3, 0.4) is 0 Å². The number of aromatic nitrogens is 2. The first-order valence-electron chi connectivity index (χ1n) is 6.31. The Hall–Kier alpha value is -2.44. The molecule has 0 amide bonds. The number of hydrogen-bond donors (Lipinski definition) is 1. The number of ether oxygens (including phenoxy) is 1. The van der Waals surface area contributed by atoms with Crippen LogP contribution in [0.1, 0.15) is 18.5 Å². The molecule has 0 aliphatic carbocycles. The van der Waals surface area contributed by atoms with Crippen molar-refractivity contribution >= 4 is 11.8 Å². The van der Waals surface area contributed by atoms with Crippen LogP contribution in [-0.4, -0.2) is 22.9 Å². The van der Waals surface area contributed by atoms with E-state index < -0.39 is 23.6 Å². The SMILES string of the molecule is COC(=O)Cn1ccc(N[C@H](C)c2cc(F)ccc2F)n1. The van der Waals surface area contributed by atoms with E-state index in [1.165, 1.54) is 11.8 Å². The fraction of sp³-hybridized carbons (Fsp3) is 0.286. The number of carbonyl (C=O) groups is 1. The van der Waals surface area contributed by atoms with Gasteiger partial charge in [-0.1, -0.05) is 0 Å². The number of carbonyl (C=O) groups excluding carboxylic acids is 1. The zero-order valence-electron chi connectivity index (χ0n) is 11.6. The lowest BCUT2D eigenvalue weighted by molar-refractivity contribution is -0.141. The van der Waals surface area contributed by atoms with Crippen LogP contribution in [0.4, 0.5) is 14.6 Å². The number of methoxy groups -OCH3 is 1. The summed E-state index contributed by atoms with van der Waals surface area (Å²) in [5.41, 5.74) is 0.206. The summed E-state index contributed by atoms with van der Waals surface area (Å²) in [7, 11) is 1.29. The summed E-state index contributed by atoms with van der Waals surface area (Å²) in [6, 6.07) is 4.45. The molecule has 0 bridgehead atoms. The molecule has 21 heavy (non-hydrogen) atoms. The standard InChI is InChI=1S/C14H15F2N3O2/c1-9(11-7-10(15)3-4-12(11)16)17-13-5-6-19(18-13)8-14(20)21-2/h3-7,9H,8H2,1-2H3,(H,17,18)/t9-/m1/s1. The first-order chi connectivity index (χ1) is 9.99. The Labute approximate surface area is 120 Å². The summed E-state index contributed by atoms with van der Waals surface area (Å²) in [6.45, 7) is 1.68.